The first kappa shape index (κ1) is 13.2. The first-order chi connectivity index (χ1) is 9.81. The molecule has 0 radical (unpaired) electrons. The second-order valence-corrected chi connectivity index (χ2v) is 3.87. The summed E-state index contributed by atoms with van der Waals surface area (Å²) in [6.45, 7) is 0. The monoisotopic (exact) mass is 261 g/mol. The molecule has 0 saturated carbocycles. The van der Waals surface area contributed by atoms with Crippen molar-refractivity contribution in [1.82, 2.24) is 0 Å². The van der Waals surface area contributed by atoms with E-state index >= 15 is 0 Å². The Balaban J connectivity index is 2.02. The van der Waals surface area contributed by atoms with Crippen LogP contribution in [-0.4, -0.2) is 0 Å². The van der Waals surface area contributed by atoms with E-state index in [1.54, 1.807) is 24.3 Å². The van der Waals surface area contributed by atoms with Crippen LogP contribution in [0.3, 0.4) is 0 Å². The van der Waals surface area contributed by atoms with Crippen molar-refractivity contribution in [3.8, 4) is 23.6 Å². The summed E-state index contributed by atoms with van der Waals surface area (Å²) in [6.07, 6.45) is 1.37. The molecule has 4 heteroatoms. The quantitative estimate of drug-likeness (QED) is 0.849. The molecular weight excluding hydrogens is 250 g/mol. The van der Waals surface area contributed by atoms with Gasteiger partial charge in [0.05, 0.1) is 0 Å². The molecule has 0 atom stereocenters. The van der Waals surface area contributed by atoms with Crippen molar-refractivity contribution in [3.63, 3.8) is 0 Å². The summed E-state index contributed by atoms with van der Waals surface area (Å²) in [5.41, 5.74) is 0.794. The number of ether oxygens (including phenoxy) is 1. The smallest absolute Gasteiger partial charge is 0.145 e. The van der Waals surface area contributed by atoms with E-state index in [-0.39, 0.29) is 5.57 Å². The molecule has 4 nitrogen and oxygen atoms in total. The molecule has 0 aliphatic carbocycles. The number of nitriles is 2. The minimum Gasteiger partial charge on any atom is -0.457 e. The Hall–Kier alpha value is -3.24. The van der Waals surface area contributed by atoms with Crippen LogP contribution in [0.25, 0.3) is 0 Å². The van der Waals surface area contributed by atoms with Crippen LogP contribution < -0.4 is 10.1 Å². The van der Waals surface area contributed by atoms with Gasteiger partial charge < -0.3 is 10.1 Å². The van der Waals surface area contributed by atoms with Gasteiger partial charge in [-0.2, -0.15) is 10.5 Å². The van der Waals surface area contributed by atoms with Crippen LogP contribution >= 0.6 is 0 Å². The molecule has 0 spiro atoms. The highest BCUT2D eigenvalue weighted by Crippen LogP contribution is 2.22. The number of rotatable bonds is 4. The Morgan fingerprint density at radius 1 is 0.900 bits per heavy atom. The summed E-state index contributed by atoms with van der Waals surface area (Å²) in [6, 6.07) is 20.3. The molecule has 0 fully saturated rings. The van der Waals surface area contributed by atoms with Crippen molar-refractivity contribution in [3.05, 3.63) is 66.4 Å². The van der Waals surface area contributed by atoms with Gasteiger partial charge in [0.25, 0.3) is 0 Å². The molecule has 0 heterocycles. The molecule has 0 aromatic heterocycles. The average Bonchev–Trinajstić information content (AvgIpc) is 2.51. The number of benzene rings is 2. The van der Waals surface area contributed by atoms with Gasteiger partial charge in [-0.1, -0.05) is 18.2 Å². The van der Waals surface area contributed by atoms with E-state index in [0.29, 0.717) is 5.75 Å². The minimum absolute atomic E-state index is 0.0228. The summed E-state index contributed by atoms with van der Waals surface area (Å²) < 4.78 is 5.65. The largest absolute Gasteiger partial charge is 0.457 e. The summed E-state index contributed by atoms with van der Waals surface area (Å²) in [4.78, 5) is 0. The van der Waals surface area contributed by atoms with Gasteiger partial charge in [0.2, 0.25) is 0 Å². The zero-order valence-corrected chi connectivity index (χ0v) is 10.6. The fourth-order valence-corrected chi connectivity index (χ4v) is 1.49. The van der Waals surface area contributed by atoms with Crippen LogP contribution in [0.2, 0.25) is 0 Å². The Labute approximate surface area is 117 Å². The van der Waals surface area contributed by atoms with E-state index in [1.165, 1.54) is 6.20 Å². The van der Waals surface area contributed by atoms with Crippen LogP contribution in [0, 0.1) is 22.7 Å². The lowest BCUT2D eigenvalue weighted by atomic mass is 10.3. The number of hydrogen-bond donors (Lipinski definition) is 1. The number of anilines is 1. The van der Waals surface area contributed by atoms with E-state index in [0.717, 1.165) is 11.4 Å². The Morgan fingerprint density at radius 3 is 2.10 bits per heavy atom. The Kier molecular flexibility index (Phi) is 4.37. The van der Waals surface area contributed by atoms with E-state index in [1.807, 2.05) is 42.5 Å². The standard InChI is InChI=1S/C16H11N3O/c17-10-13(11-18)12-19-14-6-8-16(9-7-14)20-15-4-2-1-3-5-15/h1-9,12,19H. The number of para-hydroxylation sites is 1. The van der Waals surface area contributed by atoms with Crippen LogP contribution in [0.1, 0.15) is 0 Å². The van der Waals surface area contributed by atoms with Gasteiger partial charge in [0.15, 0.2) is 0 Å². The van der Waals surface area contributed by atoms with Gasteiger partial charge in [-0.15, -0.1) is 0 Å². The first-order valence-corrected chi connectivity index (χ1v) is 5.91. The van der Waals surface area contributed by atoms with Gasteiger partial charge in [-0.05, 0) is 36.4 Å². The topological polar surface area (TPSA) is 68.8 Å². The Morgan fingerprint density at radius 2 is 1.50 bits per heavy atom. The highest BCUT2D eigenvalue weighted by atomic mass is 16.5. The second-order valence-electron chi connectivity index (χ2n) is 3.87. The van der Waals surface area contributed by atoms with Crippen molar-refractivity contribution in [2.75, 3.05) is 5.32 Å². The van der Waals surface area contributed by atoms with Crippen LogP contribution in [-0.2, 0) is 0 Å². The third-order valence-electron chi connectivity index (χ3n) is 2.46. The van der Waals surface area contributed by atoms with Crippen LogP contribution in [0.5, 0.6) is 11.5 Å². The highest BCUT2D eigenvalue weighted by Gasteiger charge is 1.97. The number of nitrogens with one attached hydrogen (secondary N) is 1. The molecule has 0 unspecified atom stereocenters. The summed E-state index contributed by atoms with van der Waals surface area (Å²) >= 11 is 0. The van der Waals surface area contributed by atoms with Crippen molar-refractivity contribution in [1.29, 1.82) is 10.5 Å². The molecular formula is C16H11N3O. The third kappa shape index (κ3) is 3.63. The van der Waals surface area contributed by atoms with Crippen molar-refractivity contribution in [2.24, 2.45) is 0 Å². The van der Waals surface area contributed by atoms with Crippen LogP contribution in [0.15, 0.2) is 66.4 Å². The lowest BCUT2D eigenvalue weighted by Gasteiger charge is -2.06. The molecule has 0 saturated heterocycles. The Bertz CT molecular complexity index is 660. The van der Waals surface area contributed by atoms with E-state index in [4.69, 9.17) is 15.3 Å². The minimum atomic E-state index is 0.0228. The zero-order valence-electron chi connectivity index (χ0n) is 10.6. The predicted octanol–water partition coefficient (Wildman–Crippen LogP) is 3.82. The van der Waals surface area contributed by atoms with Crippen molar-refractivity contribution in [2.45, 2.75) is 0 Å². The third-order valence-corrected chi connectivity index (χ3v) is 2.46. The van der Waals surface area contributed by atoms with E-state index in [2.05, 4.69) is 5.32 Å². The second kappa shape index (κ2) is 6.63. The fourth-order valence-electron chi connectivity index (χ4n) is 1.49. The molecule has 0 bridgehead atoms. The van der Waals surface area contributed by atoms with Gasteiger partial charge in [-0.25, -0.2) is 0 Å². The molecule has 20 heavy (non-hydrogen) atoms. The molecule has 0 amide bonds. The zero-order chi connectivity index (χ0) is 14.2. The summed E-state index contributed by atoms with van der Waals surface area (Å²) in [5, 5.41) is 20.1. The highest BCUT2D eigenvalue weighted by molar-refractivity contribution is 5.51. The molecule has 2 aromatic carbocycles. The van der Waals surface area contributed by atoms with Crippen molar-refractivity contribution < 1.29 is 4.74 Å². The van der Waals surface area contributed by atoms with Crippen molar-refractivity contribution >= 4 is 5.69 Å². The first-order valence-electron chi connectivity index (χ1n) is 5.91. The lowest BCUT2D eigenvalue weighted by molar-refractivity contribution is 0.483. The SMILES string of the molecule is N#CC(C#N)=CNc1ccc(Oc2ccccc2)cc1. The number of nitrogens with zero attached hydrogens (tertiary/aromatic N) is 2. The number of allylic oxidation sites excluding steroid dienone is 1. The summed E-state index contributed by atoms with van der Waals surface area (Å²) in [7, 11) is 0. The molecule has 96 valence electrons. The van der Waals surface area contributed by atoms with Gasteiger partial charge in [0, 0.05) is 11.9 Å². The lowest BCUT2D eigenvalue weighted by Crippen LogP contribution is -1.90. The fraction of sp³-hybridized carbons (Fsp3) is 0. The predicted molar refractivity (Wildman–Crippen MR) is 75.9 cm³/mol. The van der Waals surface area contributed by atoms with Gasteiger partial charge >= 0.3 is 0 Å². The molecule has 0 aliphatic rings. The van der Waals surface area contributed by atoms with Gasteiger partial charge in [-0.3, -0.25) is 0 Å². The molecule has 0 aliphatic heterocycles. The van der Waals surface area contributed by atoms with E-state index < -0.39 is 0 Å². The maximum absolute atomic E-state index is 8.61. The van der Waals surface area contributed by atoms with Gasteiger partial charge in [0.1, 0.15) is 29.2 Å². The summed E-state index contributed by atoms with van der Waals surface area (Å²) in [5.74, 6) is 1.48. The van der Waals surface area contributed by atoms with Crippen LogP contribution in [0.4, 0.5) is 5.69 Å². The number of hydrogen-bond acceptors (Lipinski definition) is 4. The maximum Gasteiger partial charge on any atom is 0.145 e. The average molecular weight is 261 g/mol. The normalized spacial score (nSPS) is 8.90. The maximum atomic E-state index is 8.61. The molecule has 2 rings (SSSR count). The molecule has 2 aromatic rings. The molecule has 1 N–H and O–H groups in total. The van der Waals surface area contributed by atoms with E-state index in [9.17, 15) is 0 Å².